The number of alkyl carbamates (subject to hydrolysis) is 1. The fourth-order valence-corrected chi connectivity index (χ4v) is 1.83. The average Bonchev–Trinajstić information content (AvgIpc) is 2.84. The number of para-hydroxylation sites is 1. The van der Waals surface area contributed by atoms with E-state index in [0.717, 1.165) is 0 Å². The molecule has 8 nitrogen and oxygen atoms in total. The van der Waals surface area contributed by atoms with Crippen molar-refractivity contribution in [2.75, 3.05) is 6.54 Å². The Bertz CT molecular complexity index is 808. The van der Waals surface area contributed by atoms with Crippen molar-refractivity contribution >= 4 is 22.7 Å². The molecule has 0 saturated carbocycles. The normalized spacial score (nSPS) is 10.7. The molecular weight excluding hydrogens is 300 g/mol. The summed E-state index contributed by atoms with van der Waals surface area (Å²) in [7, 11) is 0. The molecule has 2 N–H and O–H groups in total. The fraction of sp³-hybridized carbons (Fsp3) is 0.333. The number of nitrogens with one attached hydrogen (secondary N) is 2. The van der Waals surface area contributed by atoms with Gasteiger partial charge in [-0.15, -0.1) is 0 Å². The largest absolute Gasteiger partial charge is 0.444 e. The first-order valence-electron chi connectivity index (χ1n) is 6.85. The van der Waals surface area contributed by atoms with Crippen molar-refractivity contribution in [1.29, 1.82) is 0 Å². The molecule has 0 aliphatic heterocycles. The Morgan fingerprint density at radius 3 is 2.87 bits per heavy atom. The second kappa shape index (κ2) is 6.36. The number of carbonyl (C=O) groups is 1. The van der Waals surface area contributed by atoms with Gasteiger partial charge in [0.2, 0.25) is 0 Å². The first kappa shape index (κ1) is 16.3. The summed E-state index contributed by atoms with van der Waals surface area (Å²) < 4.78 is 5.07. The number of nitrogens with zero attached hydrogens (tertiary/aromatic N) is 2. The van der Waals surface area contributed by atoms with Crippen LogP contribution in [0.4, 0.5) is 10.5 Å². The number of aromatic amines is 1. The summed E-state index contributed by atoms with van der Waals surface area (Å²) >= 11 is 0. The standard InChI is InChI=1S/C15H16N4O4/c1-15(2,3)23-14(20)16-9-5-7-11-10-6-4-8-12(19(21)22)13(10)18-17-11/h4,6,8H,9H2,1-3H3,(H,16,20)(H,17,18). The van der Waals surface area contributed by atoms with Crippen LogP contribution in [-0.4, -0.2) is 33.4 Å². The maximum absolute atomic E-state index is 11.5. The third kappa shape index (κ3) is 4.20. The van der Waals surface area contributed by atoms with Crippen LogP contribution in [0.15, 0.2) is 18.2 Å². The Balaban J connectivity index is 2.08. The highest BCUT2D eigenvalue weighted by atomic mass is 16.6. The second-order valence-electron chi connectivity index (χ2n) is 5.69. The summed E-state index contributed by atoms with van der Waals surface area (Å²) in [5, 5.41) is 20.6. The van der Waals surface area contributed by atoms with Crippen molar-refractivity contribution in [3.05, 3.63) is 34.0 Å². The maximum Gasteiger partial charge on any atom is 0.408 e. The van der Waals surface area contributed by atoms with Crippen LogP contribution in [0.5, 0.6) is 0 Å². The van der Waals surface area contributed by atoms with E-state index in [1.54, 1.807) is 32.9 Å². The van der Waals surface area contributed by atoms with Crippen molar-refractivity contribution in [2.45, 2.75) is 26.4 Å². The molecule has 120 valence electrons. The third-order valence-electron chi connectivity index (χ3n) is 2.69. The highest BCUT2D eigenvalue weighted by Gasteiger charge is 2.16. The lowest BCUT2D eigenvalue weighted by molar-refractivity contribution is -0.383. The van der Waals surface area contributed by atoms with Crippen molar-refractivity contribution in [2.24, 2.45) is 0 Å². The number of carbonyl (C=O) groups excluding carboxylic acids is 1. The fourth-order valence-electron chi connectivity index (χ4n) is 1.83. The molecule has 1 heterocycles. The number of amides is 1. The van der Waals surface area contributed by atoms with Gasteiger partial charge in [0.15, 0.2) is 5.52 Å². The van der Waals surface area contributed by atoms with Crippen LogP contribution in [0.25, 0.3) is 10.9 Å². The maximum atomic E-state index is 11.5. The number of aromatic nitrogens is 2. The van der Waals surface area contributed by atoms with E-state index in [1.807, 2.05) is 0 Å². The number of hydrogen-bond acceptors (Lipinski definition) is 5. The van der Waals surface area contributed by atoms with E-state index in [-0.39, 0.29) is 17.7 Å². The summed E-state index contributed by atoms with van der Waals surface area (Å²) in [6, 6.07) is 4.64. The molecule has 8 heteroatoms. The second-order valence-corrected chi connectivity index (χ2v) is 5.69. The third-order valence-corrected chi connectivity index (χ3v) is 2.69. The van der Waals surface area contributed by atoms with E-state index in [1.165, 1.54) is 6.07 Å². The van der Waals surface area contributed by atoms with Crippen molar-refractivity contribution in [3.63, 3.8) is 0 Å². The molecular formula is C15H16N4O4. The smallest absolute Gasteiger partial charge is 0.408 e. The van der Waals surface area contributed by atoms with Gasteiger partial charge in [-0.25, -0.2) is 4.79 Å². The highest BCUT2D eigenvalue weighted by molar-refractivity contribution is 5.90. The van der Waals surface area contributed by atoms with Crippen LogP contribution in [0.3, 0.4) is 0 Å². The molecule has 23 heavy (non-hydrogen) atoms. The summed E-state index contributed by atoms with van der Waals surface area (Å²) in [4.78, 5) is 21.9. The molecule has 1 aromatic heterocycles. The zero-order chi connectivity index (χ0) is 17.0. The number of hydrogen-bond donors (Lipinski definition) is 2. The average molecular weight is 316 g/mol. The number of H-pyrrole nitrogens is 1. The summed E-state index contributed by atoms with van der Waals surface area (Å²) in [5.74, 6) is 5.53. The molecule has 0 bridgehead atoms. The number of fused-ring (bicyclic) bond motifs is 1. The molecule has 0 aliphatic rings. The zero-order valence-electron chi connectivity index (χ0n) is 13.0. The first-order valence-corrected chi connectivity index (χ1v) is 6.85. The zero-order valence-corrected chi connectivity index (χ0v) is 13.0. The number of rotatable bonds is 2. The predicted molar refractivity (Wildman–Crippen MR) is 83.9 cm³/mol. The van der Waals surface area contributed by atoms with E-state index in [0.29, 0.717) is 11.1 Å². The lowest BCUT2D eigenvalue weighted by atomic mass is 10.2. The minimum Gasteiger partial charge on any atom is -0.444 e. The Labute approximate surface area is 132 Å². The van der Waals surface area contributed by atoms with Crippen LogP contribution >= 0.6 is 0 Å². The molecule has 0 unspecified atom stereocenters. The molecule has 0 atom stereocenters. The molecule has 1 amide bonds. The monoisotopic (exact) mass is 316 g/mol. The predicted octanol–water partition coefficient (Wildman–Crippen LogP) is 2.35. The van der Waals surface area contributed by atoms with Gasteiger partial charge in [-0.2, -0.15) is 5.10 Å². The molecule has 2 rings (SSSR count). The van der Waals surface area contributed by atoms with E-state index >= 15 is 0 Å². The number of non-ortho nitro benzene ring substituents is 1. The van der Waals surface area contributed by atoms with Crippen LogP contribution in [-0.2, 0) is 4.74 Å². The molecule has 0 saturated heterocycles. The van der Waals surface area contributed by atoms with E-state index < -0.39 is 16.6 Å². The van der Waals surface area contributed by atoms with Gasteiger partial charge >= 0.3 is 6.09 Å². The van der Waals surface area contributed by atoms with Gasteiger partial charge in [0, 0.05) is 11.5 Å². The van der Waals surface area contributed by atoms with Gasteiger partial charge in [0.1, 0.15) is 11.3 Å². The lowest BCUT2D eigenvalue weighted by Gasteiger charge is -2.18. The van der Waals surface area contributed by atoms with Gasteiger partial charge in [-0.05, 0) is 32.8 Å². The number of ether oxygens (including phenoxy) is 1. The van der Waals surface area contributed by atoms with Crippen LogP contribution in [0.1, 0.15) is 26.5 Å². The van der Waals surface area contributed by atoms with Gasteiger partial charge in [0.05, 0.1) is 11.5 Å². The minimum absolute atomic E-state index is 0.0846. The number of benzene rings is 1. The van der Waals surface area contributed by atoms with Crippen LogP contribution in [0.2, 0.25) is 0 Å². The topological polar surface area (TPSA) is 110 Å². The van der Waals surface area contributed by atoms with E-state index in [9.17, 15) is 14.9 Å². The molecule has 1 aromatic carbocycles. The molecule has 0 radical (unpaired) electrons. The van der Waals surface area contributed by atoms with Crippen LogP contribution in [0, 0.1) is 22.0 Å². The molecule has 0 aliphatic carbocycles. The number of nitro benzene ring substituents is 1. The van der Waals surface area contributed by atoms with Gasteiger partial charge in [-0.3, -0.25) is 15.2 Å². The summed E-state index contributed by atoms with van der Waals surface area (Å²) in [6.07, 6.45) is -0.558. The summed E-state index contributed by atoms with van der Waals surface area (Å²) in [5.41, 5.74) is 0.0472. The Morgan fingerprint density at radius 1 is 1.48 bits per heavy atom. The molecule has 0 fully saturated rings. The lowest BCUT2D eigenvalue weighted by Crippen LogP contribution is -2.32. The SMILES string of the molecule is CC(C)(C)OC(=O)NCC#Cc1[nH]nc2c([N+](=O)[O-])cccc12. The Hall–Kier alpha value is -3.08. The Morgan fingerprint density at radius 2 is 2.22 bits per heavy atom. The highest BCUT2D eigenvalue weighted by Crippen LogP contribution is 2.24. The first-order chi connectivity index (χ1) is 10.8. The molecule has 2 aromatic rings. The van der Waals surface area contributed by atoms with Crippen molar-refractivity contribution in [3.8, 4) is 11.8 Å². The summed E-state index contributed by atoms with van der Waals surface area (Å²) in [6.45, 7) is 5.38. The van der Waals surface area contributed by atoms with Gasteiger partial charge < -0.3 is 10.1 Å². The quantitative estimate of drug-likeness (QED) is 0.502. The van der Waals surface area contributed by atoms with Crippen molar-refractivity contribution in [1.82, 2.24) is 15.5 Å². The van der Waals surface area contributed by atoms with Crippen molar-refractivity contribution < 1.29 is 14.5 Å². The minimum atomic E-state index is -0.573. The number of nitro groups is 1. The molecule has 0 spiro atoms. The van der Waals surface area contributed by atoms with E-state index in [2.05, 4.69) is 27.4 Å². The van der Waals surface area contributed by atoms with Crippen LogP contribution < -0.4 is 5.32 Å². The Kier molecular flexibility index (Phi) is 4.50. The van der Waals surface area contributed by atoms with Gasteiger partial charge in [0.25, 0.3) is 5.69 Å². The van der Waals surface area contributed by atoms with Gasteiger partial charge in [-0.1, -0.05) is 12.0 Å². The van der Waals surface area contributed by atoms with E-state index in [4.69, 9.17) is 4.74 Å².